The largest absolute Gasteiger partial charge is 0.326 e. The summed E-state index contributed by atoms with van der Waals surface area (Å²) < 4.78 is 27.7. The minimum atomic E-state index is -3.49. The SMILES string of the molecule is CCN(CC)CC(C)NS(=O)(=O)c1ccc(CN)cc1C. The fourth-order valence-corrected chi connectivity index (χ4v) is 3.84. The number of nitrogens with one attached hydrogen (secondary N) is 1. The Morgan fingerprint density at radius 3 is 2.38 bits per heavy atom. The van der Waals surface area contributed by atoms with Crippen molar-refractivity contribution in [1.29, 1.82) is 0 Å². The molecule has 0 radical (unpaired) electrons. The third-order valence-corrected chi connectivity index (χ3v) is 5.30. The molecule has 0 saturated heterocycles. The van der Waals surface area contributed by atoms with Gasteiger partial charge in [0, 0.05) is 19.1 Å². The zero-order valence-electron chi connectivity index (χ0n) is 13.4. The average Bonchev–Trinajstić information content (AvgIpc) is 2.43. The lowest BCUT2D eigenvalue weighted by molar-refractivity contribution is 0.282. The second-order valence-electron chi connectivity index (χ2n) is 5.31. The molecule has 6 heteroatoms. The minimum Gasteiger partial charge on any atom is -0.326 e. The highest BCUT2D eigenvalue weighted by atomic mass is 32.2. The van der Waals surface area contributed by atoms with Crippen molar-refractivity contribution < 1.29 is 8.42 Å². The van der Waals surface area contributed by atoms with Gasteiger partial charge in [0.05, 0.1) is 4.90 Å². The van der Waals surface area contributed by atoms with E-state index in [0.717, 1.165) is 24.2 Å². The van der Waals surface area contributed by atoms with Crippen molar-refractivity contribution in [2.75, 3.05) is 19.6 Å². The summed E-state index contributed by atoms with van der Waals surface area (Å²) in [6, 6.07) is 5.08. The molecule has 1 aromatic rings. The molecule has 0 heterocycles. The lowest BCUT2D eigenvalue weighted by Gasteiger charge is -2.23. The summed E-state index contributed by atoms with van der Waals surface area (Å²) in [7, 11) is -3.49. The van der Waals surface area contributed by atoms with Gasteiger partial charge in [0.1, 0.15) is 0 Å². The summed E-state index contributed by atoms with van der Waals surface area (Å²) >= 11 is 0. The summed E-state index contributed by atoms with van der Waals surface area (Å²) in [4.78, 5) is 2.52. The van der Waals surface area contributed by atoms with Crippen LogP contribution in [0.1, 0.15) is 31.9 Å². The Bertz CT molecular complexity index is 554. The molecule has 120 valence electrons. The number of sulfonamides is 1. The van der Waals surface area contributed by atoms with Crippen LogP contribution in [0.2, 0.25) is 0 Å². The minimum absolute atomic E-state index is 0.136. The van der Waals surface area contributed by atoms with Crippen molar-refractivity contribution in [3.8, 4) is 0 Å². The van der Waals surface area contributed by atoms with Gasteiger partial charge in [-0.1, -0.05) is 26.0 Å². The van der Waals surface area contributed by atoms with E-state index in [9.17, 15) is 8.42 Å². The van der Waals surface area contributed by atoms with Gasteiger partial charge in [0.25, 0.3) is 0 Å². The number of likely N-dealkylation sites (N-methyl/N-ethyl adjacent to an activating group) is 1. The molecule has 0 saturated carbocycles. The highest BCUT2D eigenvalue weighted by Crippen LogP contribution is 2.17. The van der Waals surface area contributed by atoms with E-state index in [1.807, 2.05) is 13.0 Å². The van der Waals surface area contributed by atoms with E-state index >= 15 is 0 Å². The van der Waals surface area contributed by atoms with Crippen LogP contribution in [-0.4, -0.2) is 39.0 Å². The van der Waals surface area contributed by atoms with Crippen molar-refractivity contribution in [3.05, 3.63) is 29.3 Å². The van der Waals surface area contributed by atoms with Gasteiger partial charge >= 0.3 is 0 Å². The van der Waals surface area contributed by atoms with E-state index in [-0.39, 0.29) is 6.04 Å². The van der Waals surface area contributed by atoms with Crippen molar-refractivity contribution in [2.24, 2.45) is 5.73 Å². The zero-order chi connectivity index (χ0) is 16.0. The molecule has 0 amide bonds. The first kappa shape index (κ1) is 18.1. The Morgan fingerprint density at radius 2 is 1.90 bits per heavy atom. The van der Waals surface area contributed by atoms with Gasteiger partial charge in [-0.25, -0.2) is 13.1 Å². The average molecular weight is 313 g/mol. The third-order valence-electron chi connectivity index (χ3n) is 3.55. The van der Waals surface area contributed by atoms with Crippen LogP contribution in [-0.2, 0) is 16.6 Å². The van der Waals surface area contributed by atoms with Crippen LogP contribution < -0.4 is 10.5 Å². The van der Waals surface area contributed by atoms with Crippen LogP contribution in [0.3, 0.4) is 0 Å². The summed E-state index contributed by atoms with van der Waals surface area (Å²) in [5.74, 6) is 0. The zero-order valence-corrected chi connectivity index (χ0v) is 14.2. The van der Waals surface area contributed by atoms with E-state index in [1.165, 1.54) is 0 Å². The van der Waals surface area contributed by atoms with Gasteiger partial charge in [0.15, 0.2) is 0 Å². The molecule has 0 aliphatic heterocycles. The maximum Gasteiger partial charge on any atom is 0.241 e. The van der Waals surface area contributed by atoms with Gasteiger partial charge in [0.2, 0.25) is 10.0 Å². The van der Waals surface area contributed by atoms with E-state index in [4.69, 9.17) is 5.73 Å². The van der Waals surface area contributed by atoms with Gasteiger partial charge in [-0.15, -0.1) is 0 Å². The monoisotopic (exact) mass is 313 g/mol. The first-order chi connectivity index (χ1) is 9.83. The Labute approximate surface area is 128 Å². The molecule has 1 aromatic carbocycles. The predicted octanol–water partition coefficient (Wildman–Crippen LogP) is 1.46. The van der Waals surface area contributed by atoms with E-state index < -0.39 is 10.0 Å². The number of hydrogen-bond donors (Lipinski definition) is 2. The van der Waals surface area contributed by atoms with Crippen LogP contribution in [0.4, 0.5) is 0 Å². The molecular weight excluding hydrogens is 286 g/mol. The van der Waals surface area contributed by atoms with Gasteiger partial charge in [-0.2, -0.15) is 0 Å². The summed E-state index contributed by atoms with van der Waals surface area (Å²) in [6.07, 6.45) is 0. The fraction of sp³-hybridized carbons (Fsp3) is 0.600. The Morgan fingerprint density at radius 1 is 1.29 bits per heavy atom. The first-order valence-corrected chi connectivity index (χ1v) is 8.86. The molecule has 1 unspecified atom stereocenters. The maximum absolute atomic E-state index is 12.5. The molecule has 0 aliphatic carbocycles. The molecule has 0 spiro atoms. The molecule has 0 aromatic heterocycles. The number of benzene rings is 1. The van der Waals surface area contributed by atoms with Crippen LogP contribution in [0, 0.1) is 6.92 Å². The van der Waals surface area contributed by atoms with Crippen LogP contribution in [0.5, 0.6) is 0 Å². The Kier molecular flexibility index (Phi) is 6.80. The standard InChI is InChI=1S/C15H27N3O2S/c1-5-18(6-2)11-13(4)17-21(19,20)15-8-7-14(10-16)9-12(15)3/h7-9,13,17H,5-6,10-11,16H2,1-4H3. The topological polar surface area (TPSA) is 75.4 Å². The Hall–Kier alpha value is -0.950. The molecule has 5 nitrogen and oxygen atoms in total. The predicted molar refractivity (Wildman–Crippen MR) is 86.6 cm³/mol. The summed E-state index contributed by atoms with van der Waals surface area (Å²) in [5.41, 5.74) is 7.23. The van der Waals surface area contributed by atoms with Crippen molar-refractivity contribution >= 4 is 10.0 Å². The first-order valence-electron chi connectivity index (χ1n) is 7.38. The number of hydrogen-bond acceptors (Lipinski definition) is 4. The van der Waals surface area contributed by atoms with Crippen molar-refractivity contribution in [3.63, 3.8) is 0 Å². The molecule has 3 N–H and O–H groups in total. The molecule has 1 rings (SSSR count). The quantitative estimate of drug-likeness (QED) is 0.762. The lowest BCUT2D eigenvalue weighted by Crippen LogP contribution is -2.42. The van der Waals surface area contributed by atoms with Gasteiger partial charge < -0.3 is 10.6 Å². The molecule has 0 fully saturated rings. The normalized spacial score (nSPS) is 13.6. The van der Waals surface area contributed by atoms with Crippen LogP contribution >= 0.6 is 0 Å². The lowest BCUT2D eigenvalue weighted by atomic mass is 10.1. The molecule has 0 bridgehead atoms. The van der Waals surface area contributed by atoms with Crippen molar-refractivity contribution in [1.82, 2.24) is 9.62 Å². The summed E-state index contributed by atoms with van der Waals surface area (Å²) in [5, 5.41) is 0. The molecular formula is C15H27N3O2S. The van der Waals surface area contributed by atoms with Gasteiger partial charge in [-0.05, 0) is 44.1 Å². The Balaban J connectivity index is 2.86. The molecule has 0 aliphatic rings. The van der Waals surface area contributed by atoms with Crippen LogP contribution in [0.25, 0.3) is 0 Å². The third kappa shape index (κ3) is 5.07. The van der Waals surface area contributed by atoms with Crippen LogP contribution in [0.15, 0.2) is 23.1 Å². The number of nitrogens with zero attached hydrogens (tertiary/aromatic N) is 1. The van der Waals surface area contributed by atoms with Gasteiger partial charge in [-0.3, -0.25) is 0 Å². The highest BCUT2D eigenvalue weighted by molar-refractivity contribution is 7.89. The smallest absolute Gasteiger partial charge is 0.241 e. The second kappa shape index (κ2) is 7.89. The summed E-state index contributed by atoms with van der Waals surface area (Å²) in [6.45, 7) is 10.8. The number of nitrogens with two attached hydrogens (primary N) is 1. The molecule has 21 heavy (non-hydrogen) atoms. The van der Waals surface area contributed by atoms with E-state index in [0.29, 0.717) is 18.0 Å². The number of aryl methyl sites for hydroxylation is 1. The number of rotatable bonds is 8. The highest BCUT2D eigenvalue weighted by Gasteiger charge is 2.20. The second-order valence-corrected chi connectivity index (χ2v) is 6.99. The molecule has 1 atom stereocenters. The van der Waals surface area contributed by atoms with Crippen molar-refractivity contribution in [2.45, 2.75) is 45.2 Å². The van der Waals surface area contributed by atoms with E-state index in [1.54, 1.807) is 19.1 Å². The maximum atomic E-state index is 12.5. The van der Waals surface area contributed by atoms with E-state index in [2.05, 4.69) is 23.5 Å². The fourth-order valence-electron chi connectivity index (χ4n) is 2.37.